The third kappa shape index (κ3) is 2.40. The smallest absolute Gasteiger partial charge is 0.249 e. The van der Waals surface area contributed by atoms with Gasteiger partial charge in [0.2, 0.25) is 11.8 Å². The highest BCUT2D eigenvalue weighted by Crippen LogP contribution is 2.32. The number of rotatable bonds is 4. The Balaban J connectivity index is 2.14. The summed E-state index contributed by atoms with van der Waals surface area (Å²) in [5.74, 6) is 1.57. The van der Waals surface area contributed by atoms with Crippen LogP contribution in [0.1, 0.15) is 57.3 Å². The summed E-state index contributed by atoms with van der Waals surface area (Å²) < 4.78 is 5.22. The van der Waals surface area contributed by atoms with Crippen LogP contribution in [-0.2, 0) is 4.79 Å². The molecule has 0 spiro atoms. The molecule has 18 heavy (non-hydrogen) atoms. The van der Waals surface area contributed by atoms with Crippen LogP contribution in [-0.4, -0.2) is 27.5 Å². The third-order valence-corrected chi connectivity index (χ3v) is 3.70. The summed E-state index contributed by atoms with van der Waals surface area (Å²) in [5.41, 5.74) is 0. The second-order valence-electron chi connectivity index (χ2n) is 4.88. The molecule has 1 aromatic rings. The molecule has 5 heteroatoms. The fourth-order valence-corrected chi connectivity index (χ4v) is 2.61. The van der Waals surface area contributed by atoms with Crippen LogP contribution in [0.4, 0.5) is 0 Å². The summed E-state index contributed by atoms with van der Waals surface area (Å²) in [6.07, 6.45) is 3.72. The van der Waals surface area contributed by atoms with Gasteiger partial charge in [0.05, 0.1) is 0 Å². The maximum Gasteiger partial charge on any atom is 0.249 e. The number of hydrogen-bond donors (Lipinski definition) is 0. The van der Waals surface area contributed by atoms with Gasteiger partial charge in [-0.25, -0.2) is 0 Å². The average Bonchev–Trinajstić information content (AvgIpc) is 2.98. The van der Waals surface area contributed by atoms with Crippen molar-refractivity contribution in [3.8, 4) is 0 Å². The maximum absolute atomic E-state index is 12.4. The Kier molecular flexibility index (Phi) is 3.99. The summed E-state index contributed by atoms with van der Waals surface area (Å²) >= 11 is 0. The average molecular weight is 251 g/mol. The summed E-state index contributed by atoms with van der Waals surface area (Å²) in [6, 6.07) is -0.0145. The molecule has 0 aliphatic carbocycles. The van der Waals surface area contributed by atoms with Crippen LogP contribution in [0.25, 0.3) is 0 Å². The van der Waals surface area contributed by atoms with Crippen LogP contribution in [0.2, 0.25) is 0 Å². The van der Waals surface area contributed by atoms with E-state index in [1.807, 2.05) is 4.90 Å². The molecule has 1 atom stereocenters. The van der Waals surface area contributed by atoms with E-state index in [0.717, 1.165) is 32.2 Å². The molecule has 1 amide bonds. The number of nitrogens with zero attached hydrogens (tertiary/aromatic N) is 3. The molecule has 2 rings (SSSR count). The Morgan fingerprint density at radius 2 is 2.22 bits per heavy atom. The number of likely N-dealkylation sites (tertiary alicyclic amines) is 1. The normalized spacial score (nSPS) is 19.8. The molecule has 1 aliphatic heterocycles. The minimum Gasteiger partial charge on any atom is -0.337 e. The van der Waals surface area contributed by atoms with E-state index in [1.54, 1.807) is 6.92 Å². The number of hydrogen-bond acceptors (Lipinski definition) is 4. The lowest BCUT2D eigenvalue weighted by Gasteiger charge is -2.25. The molecule has 0 radical (unpaired) electrons. The highest BCUT2D eigenvalue weighted by Gasteiger charge is 2.35. The summed E-state index contributed by atoms with van der Waals surface area (Å²) in [7, 11) is 0. The minimum absolute atomic E-state index is 0.0145. The molecule has 1 saturated heterocycles. The Hall–Kier alpha value is -1.39. The zero-order valence-corrected chi connectivity index (χ0v) is 11.3. The molecule has 0 aromatic carbocycles. The molecule has 1 aliphatic rings. The van der Waals surface area contributed by atoms with Gasteiger partial charge < -0.3 is 9.42 Å². The van der Waals surface area contributed by atoms with Gasteiger partial charge in [0.15, 0.2) is 5.82 Å². The zero-order valence-electron chi connectivity index (χ0n) is 11.3. The maximum atomic E-state index is 12.4. The predicted octanol–water partition coefficient (Wildman–Crippen LogP) is 2.48. The van der Waals surface area contributed by atoms with Gasteiger partial charge in [0.25, 0.3) is 0 Å². The first-order valence-electron chi connectivity index (χ1n) is 6.78. The predicted molar refractivity (Wildman–Crippen MR) is 66.8 cm³/mol. The van der Waals surface area contributed by atoms with Gasteiger partial charge in [-0.3, -0.25) is 4.79 Å². The van der Waals surface area contributed by atoms with Crippen molar-refractivity contribution in [1.82, 2.24) is 15.0 Å². The van der Waals surface area contributed by atoms with Crippen molar-refractivity contribution in [2.24, 2.45) is 5.92 Å². The third-order valence-electron chi connectivity index (χ3n) is 3.70. The highest BCUT2D eigenvalue weighted by molar-refractivity contribution is 5.79. The van der Waals surface area contributed by atoms with Crippen LogP contribution < -0.4 is 0 Å². The van der Waals surface area contributed by atoms with Crippen LogP contribution >= 0.6 is 0 Å². The van der Waals surface area contributed by atoms with Crippen LogP contribution in [0.5, 0.6) is 0 Å². The van der Waals surface area contributed by atoms with Gasteiger partial charge >= 0.3 is 0 Å². The van der Waals surface area contributed by atoms with E-state index in [4.69, 9.17) is 4.52 Å². The SMILES string of the molecule is CCC(CC)C(=O)N1CCCC1c1nc(C)no1. The Morgan fingerprint density at radius 3 is 2.78 bits per heavy atom. The number of aryl methyl sites for hydroxylation is 1. The molecule has 1 fully saturated rings. The summed E-state index contributed by atoms with van der Waals surface area (Å²) in [4.78, 5) is 18.6. The molecule has 0 saturated carbocycles. The molecule has 0 N–H and O–H groups in total. The lowest BCUT2D eigenvalue weighted by molar-refractivity contribution is -0.137. The molecule has 5 nitrogen and oxygen atoms in total. The van der Waals surface area contributed by atoms with Gasteiger partial charge in [-0.2, -0.15) is 4.98 Å². The Morgan fingerprint density at radius 1 is 1.50 bits per heavy atom. The van der Waals surface area contributed by atoms with Crippen molar-refractivity contribution in [2.75, 3.05) is 6.54 Å². The number of carbonyl (C=O) groups is 1. The fourth-order valence-electron chi connectivity index (χ4n) is 2.61. The van der Waals surface area contributed by atoms with E-state index in [9.17, 15) is 4.79 Å². The van der Waals surface area contributed by atoms with Crippen molar-refractivity contribution in [1.29, 1.82) is 0 Å². The van der Waals surface area contributed by atoms with Crippen LogP contribution in [0.15, 0.2) is 4.52 Å². The molecule has 2 heterocycles. The number of aromatic nitrogens is 2. The largest absolute Gasteiger partial charge is 0.337 e. The van der Waals surface area contributed by atoms with Crippen molar-refractivity contribution < 1.29 is 9.32 Å². The van der Waals surface area contributed by atoms with Crippen LogP contribution in [0.3, 0.4) is 0 Å². The highest BCUT2D eigenvalue weighted by atomic mass is 16.5. The van der Waals surface area contributed by atoms with E-state index in [-0.39, 0.29) is 17.9 Å². The number of carbonyl (C=O) groups excluding carboxylic acids is 1. The van der Waals surface area contributed by atoms with Gasteiger partial charge in [-0.1, -0.05) is 19.0 Å². The van der Waals surface area contributed by atoms with E-state index < -0.39 is 0 Å². The van der Waals surface area contributed by atoms with E-state index in [0.29, 0.717) is 11.7 Å². The molecule has 1 aromatic heterocycles. The second kappa shape index (κ2) is 5.50. The minimum atomic E-state index is -0.0145. The Labute approximate surface area is 108 Å². The van der Waals surface area contributed by atoms with E-state index in [2.05, 4.69) is 24.0 Å². The first kappa shape index (κ1) is 13.1. The van der Waals surface area contributed by atoms with Crippen LogP contribution in [0, 0.1) is 12.8 Å². The van der Waals surface area contributed by atoms with Gasteiger partial charge in [0, 0.05) is 12.5 Å². The molecular weight excluding hydrogens is 230 g/mol. The Bertz CT molecular complexity index is 412. The molecular formula is C13H21N3O2. The lowest BCUT2D eigenvalue weighted by Crippen LogP contribution is -2.35. The first-order chi connectivity index (χ1) is 8.67. The first-order valence-corrected chi connectivity index (χ1v) is 6.78. The zero-order chi connectivity index (χ0) is 13.1. The lowest BCUT2D eigenvalue weighted by atomic mass is 10.0. The number of amides is 1. The van der Waals surface area contributed by atoms with Gasteiger partial charge in [-0.05, 0) is 32.6 Å². The quantitative estimate of drug-likeness (QED) is 0.824. The van der Waals surface area contributed by atoms with Crippen molar-refractivity contribution in [3.05, 3.63) is 11.7 Å². The van der Waals surface area contributed by atoms with E-state index >= 15 is 0 Å². The monoisotopic (exact) mass is 251 g/mol. The van der Waals surface area contributed by atoms with Crippen molar-refractivity contribution in [3.63, 3.8) is 0 Å². The van der Waals surface area contributed by atoms with E-state index in [1.165, 1.54) is 0 Å². The molecule has 100 valence electrons. The van der Waals surface area contributed by atoms with Crippen molar-refractivity contribution in [2.45, 2.75) is 52.5 Å². The van der Waals surface area contributed by atoms with Crippen molar-refractivity contribution >= 4 is 5.91 Å². The summed E-state index contributed by atoms with van der Waals surface area (Å²) in [6.45, 7) is 6.73. The molecule has 1 unspecified atom stereocenters. The van der Waals surface area contributed by atoms with Gasteiger partial charge in [-0.15, -0.1) is 0 Å². The second-order valence-corrected chi connectivity index (χ2v) is 4.88. The fraction of sp³-hybridized carbons (Fsp3) is 0.769. The van der Waals surface area contributed by atoms with Gasteiger partial charge in [0.1, 0.15) is 6.04 Å². The molecule has 0 bridgehead atoms. The standard InChI is InChI=1S/C13H21N3O2/c1-4-10(5-2)13(17)16-8-6-7-11(16)12-14-9(3)15-18-12/h10-11H,4-8H2,1-3H3. The summed E-state index contributed by atoms with van der Waals surface area (Å²) in [5, 5.41) is 3.82. The topological polar surface area (TPSA) is 59.2 Å².